The first-order valence-electron chi connectivity index (χ1n) is 6.69. The molecule has 0 aliphatic heterocycles. The molecule has 22 heavy (non-hydrogen) atoms. The van der Waals surface area contributed by atoms with Gasteiger partial charge in [0.25, 0.3) is 0 Å². The second-order valence-corrected chi connectivity index (χ2v) is 5.40. The van der Waals surface area contributed by atoms with Crippen molar-refractivity contribution < 1.29 is 9.53 Å². The molecular weight excluding hydrogens is 294 g/mol. The molecule has 0 aromatic heterocycles. The van der Waals surface area contributed by atoms with Crippen molar-refractivity contribution in [2.75, 3.05) is 6.26 Å². The van der Waals surface area contributed by atoms with Crippen molar-refractivity contribution in [3.63, 3.8) is 0 Å². The Bertz CT molecular complexity index is 697. The normalized spacial score (nSPS) is 10.4. The van der Waals surface area contributed by atoms with Crippen LogP contribution in [0.2, 0.25) is 0 Å². The van der Waals surface area contributed by atoms with Crippen molar-refractivity contribution in [1.82, 2.24) is 0 Å². The lowest BCUT2D eigenvalue weighted by molar-refractivity contribution is -0.138. The van der Waals surface area contributed by atoms with Crippen molar-refractivity contribution in [2.24, 2.45) is 0 Å². The van der Waals surface area contributed by atoms with Crippen LogP contribution in [-0.4, -0.2) is 12.2 Å². The lowest BCUT2D eigenvalue weighted by Crippen LogP contribution is -2.00. The highest BCUT2D eigenvalue weighted by Crippen LogP contribution is 2.15. The molecule has 0 aliphatic carbocycles. The Morgan fingerprint density at radius 1 is 1.18 bits per heavy atom. The number of hydrogen-bond donors (Lipinski definition) is 0. The van der Waals surface area contributed by atoms with Gasteiger partial charge in [-0.05, 0) is 47.7 Å². The van der Waals surface area contributed by atoms with Crippen molar-refractivity contribution in [3.05, 3.63) is 71.3 Å². The van der Waals surface area contributed by atoms with Crippen LogP contribution in [0.25, 0.3) is 6.08 Å². The highest BCUT2D eigenvalue weighted by atomic mass is 32.2. The van der Waals surface area contributed by atoms with Gasteiger partial charge in [0.05, 0.1) is 11.6 Å². The SMILES string of the molecule is CSc1ccc(/C=C/C(=O)OCc2ccc(C#N)cc2)cc1. The smallest absolute Gasteiger partial charge is 0.331 e. The third kappa shape index (κ3) is 4.80. The molecule has 3 nitrogen and oxygen atoms in total. The molecule has 0 fully saturated rings. The number of rotatable bonds is 5. The van der Waals surface area contributed by atoms with Gasteiger partial charge < -0.3 is 4.74 Å². The highest BCUT2D eigenvalue weighted by molar-refractivity contribution is 7.98. The summed E-state index contributed by atoms with van der Waals surface area (Å²) in [5, 5.41) is 8.71. The summed E-state index contributed by atoms with van der Waals surface area (Å²) in [5.74, 6) is -0.390. The molecule has 2 aromatic carbocycles. The lowest BCUT2D eigenvalue weighted by atomic mass is 10.2. The number of hydrogen-bond acceptors (Lipinski definition) is 4. The standard InChI is InChI=1S/C18H15NO2S/c1-22-17-9-6-14(7-10-17)8-11-18(20)21-13-16-4-2-15(12-19)3-5-16/h2-11H,13H2,1H3/b11-8+. The Balaban J connectivity index is 1.86. The molecule has 0 atom stereocenters. The summed E-state index contributed by atoms with van der Waals surface area (Å²) >= 11 is 1.67. The summed E-state index contributed by atoms with van der Waals surface area (Å²) in [6.07, 6.45) is 5.16. The molecule has 0 saturated heterocycles. The van der Waals surface area contributed by atoms with Crippen LogP contribution in [0.15, 0.2) is 59.5 Å². The molecule has 0 saturated carbocycles. The predicted molar refractivity (Wildman–Crippen MR) is 88.2 cm³/mol. The fraction of sp³-hybridized carbons (Fsp3) is 0.111. The molecule has 0 bridgehead atoms. The predicted octanol–water partition coefficient (Wildman–Crippen LogP) is 4.04. The van der Waals surface area contributed by atoms with Crippen LogP contribution in [-0.2, 0) is 16.1 Å². The van der Waals surface area contributed by atoms with E-state index in [9.17, 15) is 4.79 Å². The van der Waals surface area contributed by atoms with Gasteiger partial charge in [0, 0.05) is 11.0 Å². The van der Waals surface area contributed by atoms with Crippen LogP contribution >= 0.6 is 11.8 Å². The van der Waals surface area contributed by atoms with Gasteiger partial charge in [-0.2, -0.15) is 5.26 Å². The lowest BCUT2D eigenvalue weighted by Gasteiger charge is -2.02. The van der Waals surface area contributed by atoms with Crippen molar-refractivity contribution in [3.8, 4) is 6.07 Å². The van der Waals surface area contributed by atoms with E-state index < -0.39 is 5.97 Å². The minimum atomic E-state index is -0.390. The van der Waals surface area contributed by atoms with Crippen molar-refractivity contribution in [1.29, 1.82) is 5.26 Å². The Kier molecular flexibility index (Phi) is 5.81. The molecular formula is C18H15NO2S. The monoisotopic (exact) mass is 309 g/mol. The zero-order chi connectivity index (χ0) is 15.8. The van der Waals surface area contributed by atoms with E-state index in [4.69, 9.17) is 10.00 Å². The van der Waals surface area contributed by atoms with E-state index in [0.717, 1.165) is 11.1 Å². The molecule has 0 spiro atoms. The summed E-state index contributed by atoms with van der Waals surface area (Å²) in [6.45, 7) is 0.195. The third-order valence-electron chi connectivity index (χ3n) is 2.99. The van der Waals surface area contributed by atoms with E-state index in [1.807, 2.05) is 36.6 Å². The molecule has 2 aromatic rings. The van der Waals surface area contributed by atoms with Crippen LogP contribution in [0.4, 0.5) is 0 Å². The third-order valence-corrected chi connectivity index (χ3v) is 3.74. The Labute approximate surface area is 134 Å². The zero-order valence-corrected chi connectivity index (χ0v) is 13.0. The van der Waals surface area contributed by atoms with Gasteiger partial charge in [0.15, 0.2) is 0 Å². The van der Waals surface area contributed by atoms with Crippen LogP contribution in [0.5, 0.6) is 0 Å². The topological polar surface area (TPSA) is 50.1 Å². The fourth-order valence-corrected chi connectivity index (χ4v) is 2.17. The molecule has 0 N–H and O–H groups in total. The van der Waals surface area contributed by atoms with Gasteiger partial charge in [0.2, 0.25) is 0 Å². The number of benzene rings is 2. The summed E-state index contributed by atoms with van der Waals surface area (Å²) in [4.78, 5) is 12.9. The van der Waals surface area contributed by atoms with Gasteiger partial charge in [-0.25, -0.2) is 4.79 Å². The molecule has 0 unspecified atom stereocenters. The summed E-state index contributed by atoms with van der Waals surface area (Å²) in [6, 6.07) is 16.9. The van der Waals surface area contributed by atoms with Gasteiger partial charge in [0.1, 0.15) is 6.61 Å². The summed E-state index contributed by atoms with van der Waals surface area (Å²) in [7, 11) is 0. The Hall–Kier alpha value is -2.51. The number of thioether (sulfide) groups is 1. The van der Waals surface area contributed by atoms with E-state index in [0.29, 0.717) is 5.56 Å². The van der Waals surface area contributed by atoms with Gasteiger partial charge in [-0.15, -0.1) is 11.8 Å². The second-order valence-electron chi connectivity index (χ2n) is 4.52. The minimum Gasteiger partial charge on any atom is -0.458 e. The van der Waals surface area contributed by atoms with E-state index in [-0.39, 0.29) is 6.61 Å². The average molecular weight is 309 g/mol. The number of nitriles is 1. The first kappa shape index (κ1) is 15.9. The fourth-order valence-electron chi connectivity index (χ4n) is 1.76. The summed E-state index contributed by atoms with van der Waals surface area (Å²) < 4.78 is 5.16. The maximum absolute atomic E-state index is 11.7. The van der Waals surface area contributed by atoms with Gasteiger partial charge >= 0.3 is 5.97 Å². The molecule has 0 aliphatic rings. The quantitative estimate of drug-likeness (QED) is 0.475. The Morgan fingerprint density at radius 3 is 2.45 bits per heavy atom. The first-order chi connectivity index (χ1) is 10.7. The maximum atomic E-state index is 11.7. The van der Waals surface area contributed by atoms with Crippen LogP contribution in [0.1, 0.15) is 16.7 Å². The van der Waals surface area contributed by atoms with E-state index >= 15 is 0 Å². The molecule has 0 radical (unpaired) electrons. The molecule has 110 valence electrons. The number of esters is 1. The number of carbonyl (C=O) groups is 1. The van der Waals surface area contributed by atoms with Crippen molar-refractivity contribution >= 4 is 23.8 Å². The first-order valence-corrected chi connectivity index (χ1v) is 7.91. The zero-order valence-electron chi connectivity index (χ0n) is 12.2. The molecule has 0 amide bonds. The van der Waals surface area contributed by atoms with Gasteiger partial charge in [-0.1, -0.05) is 24.3 Å². The van der Waals surface area contributed by atoms with Crippen molar-refractivity contribution in [2.45, 2.75) is 11.5 Å². The highest BCUT2D eigenvalue weighted by Gasteiger charge is 1.99. The largest absolute Gasteiger partial charge is 0.458 e. The molecule has 2 rings (SSSR count). The molecule has 4 heteroatoms. The minimum absolute atomic E-state index is 0.195. The van der Waals surface area contributed by atoms with Crippen LogP contribution in [0.3, 0.4) is 0 Å². The van der Waals surface area contributed by atoms with E-state index in [1.54, 1.807) is 42.1 Å². The maximum Gasteiger partial charge on any atom is 0.331 e. The van der Waals surface area contributed by atoms with Crippen LogP contribution < -0.4 is 0 Å². The second kappa shape index (κ2) is 8.06. The molecule has 0 heterocycles. The number of nitrogens with zero attached hydrogens (tertiary/aromatic N) is 1. The number of carbonyl (C=O) groups excluding carboxylic acids is 1. The number of ether oxygens (including phenoxy) is 1. The average Bonchev–Trinajstić information content (AvgIpc) is 2.59. The summed E-state index contributed by atoms with van der Waals surface area (Å²) in [5.41, 5.74) is 2.39. The van der Waals surface area contributed by atoms with Gasteiger partial charge in [-0.3, -0.25) is 0 Å². The van der Waals surface area contributed by atoms with E-state index in [1.165, 1.54) is 11.0 Å². The van der Waals surface area contributed by atoms with Crippen LogP contribution in [0, 0.1) is 11.3 Å². The Morgan fingerprint density at radius 2 is 1.86 bits per heavy atom. The van der Waals surface area contributed by atoms with E-state index in [2.05, 4.69) is 0 Å².